The van der Waals surface area contributed by atoms with Crippen LogP contribution >= 0.6 is 27.5 Å². The van der Waals surface area contributed by atoms with E-state index in [4.69, 9.17) is 11.6 Å². The summed E-state index contributed by atoms with van der Waals surface area (Å²) in [6, 6.07) is 5.47. The monoisotopic (exact) mass is 286 g/mol. The van der Waals surface area contributed by atoms with Crippen LogP contribution in [0, 0.1) is 0 Å². The molecule has 1 aromatic carbocycles. The van der Waals surface area contributed by atoms with Gasteiger partial charge in [-0.1, -0.05) is 45.7 Å². The van der Waals surface area contributed by atoms with E-state index in [9.17, 15) is 4.79 Å². The number of hydrogen-bond acceptors (Lipinski definition) is 1. The summed E-state index contributed by atoms with van der Waals surface area (Å²) in [6.07, 6.45) is 5.04. The Labute approximate surface area is 103 Å². The van der Waals surface area contributed by atoms with E-state index >= 15 is 0 Å². The maximum absolute atomic E-state index is 11.1. The molecule has 0 spiro atoms. The van der Waals surface area contributed by atoms with Crippen LogP contribution in [-0.2, 0) is 0 Å². The van der Waals surface area contributed by atoms with Crippen LogP contribution in [-0.4, -0.2) is 11.1 Å². The molecule has 0 aromatic heterocycles. The summed E-state index contributed by atoms with van der Waals surface area (Å²) in [5.74, 6) is -0.00372. The molecule has 1 rings (SSSR count). The number of hydrogen-bond donors (Lipinski definition) is 0. The molecule has 80 valence electrons. The molecule has 0 heterocycles. The summed E-state index contributed by atoms with van der Waals surface area (Å²) in [6.45, 7) is 1.52. The van der Waals surface area contributed by atoms with Gasteiger partial charge in [0.05, 0.1) is 5.02 Å². The molecule has 0 aliphatic rings. The molecular weight excluding hydrogens is 275 g/mol. The molecular formula is C12H12BrClO. The topological polar surface area (TPSA) is 17.1 Å². The van der Waals surface area contributed by atoms with Gasteiger partial charge in [-0.3, -0.25) is 4.79 Å². The highest BCUT2D eigenvalue weighted by atomic mass is 79.9. The van der Waals surface area contributed by atoms with Crippen molar-refractivity contribution in [2.45, 2.75) is 13.3 Å². The van der Waals surface area contributed by atoms with Gasteiger partial charge in [-0.25, -0.2) is 0 Å². The van der Waals surface area contributed by atoms with Gasteiger partial charge in [0, 0.05) is 10.9 Å². The molecule has 0 atom stereocenters. The van der Waals surface area contributed by atoms with Crippen LogP contribution in [0.1, 0.15) is 29.3 Å². The second-order valence-corrected chi connectivity index (χ2v) is 4.38. The van der Waals surface area contributed by atoms with Crippen molar-refractivity contribution in [3.8, 4) is 0 Å². The first-order chi connectivity index (χ1) is 7.15. The van der Waals surface area contributed by atoms with E-state index in [0.717, 1.165) is 17.3 Å². The van der Waals surface area contributed by atoms with Gasteiger partial charge in [0.1, 0.15) is 0 Å². The fourth-order valence-electron chi connectivity index (χ4n) is 1.20. The lowest BCUT2D eigenvalue weighted by Crippen LogP contribution is -1.92. The minimum atomic E-state index is -0.00372. The van der Waals surface area contributed by atoms with Crippen LogP contribution < -0.4 is 0 Å². The lowest BCUT2D eigenvalue weighted by molar-refractivity contribution is 0.101. The molecule has 1 nitrogen and oxygen atoms in total. The van der Waals surface area contributed by atoms with E-state index in [2.05, 4.69) is 22.0 Å². The first-order valence-electron chi connectivity index (χ1n) is 4.68. The van der Waals surface area contributed by atoms with E-state index < -0.39 is 0 Å². The Bertz CT molecular complexity index is 385. The maximum Gasteiger partial charge on any atom is 0.161 e. The summed E-state index contributed by atoms with van der Waals surface area (Å²) < 4.78 is 0. The molecule has 0 radical (unpaired) electrons. The SMILES string of the molecule is CC(=O)c1ccc(C=CCCBr)cc1Cl. The largest absolute Gasteiger partial charge is 0.294 e. The van der Waals surface area contributed by atoms with Gasteiger partial charge in [-0.05, 0) is 31.0 Å². The fraction of sp³-hybridized carbons (Fsp3) is 0.250. The van der Waals surface area contributed by atoms with Gasteiger partial charge in [-0.2, -0.15) is 0 Å². The number of carbonyl (C=O) groups excluding carboxylic acids is 1. The van der Waals surface area contributed by atoms with Crippen molar-refractivity contribution in [1.29, 1.82) is 0 Å². The summed E-state index contributed by atoms with van der Waals surface area (Å²) in [5.41, 5.74) is 1.60. The number of allylic oxidation sites excluding steroid dienone is 1. The molecule has 1 aromatic rings. The van der Waals surface area contributed by atoms with Gasteiger partial charge in [-0.15, -0.1) is 0 Å². The van der Waals surface area contributed by atoms with E-state index in [1.165, 1.54) is 6.92 Å². The highest BCUT2D eigenvalue weighted by Crippen LogP contribution is 2.19. The van der Waals surface area contributed by atoms with Crippen LogP contribution in [0.2, 0.25) is 5.02 Å². The van der Waals surface area contributed by atoms with E-state index in [1.807, 2.05) is 18.2 Å². The average Bonchev–Trinajstić information content (AvgIpc) is 2.17. The standard InChI is InChI=1S/C12H12BrClO/c1-9(15)11-6-5-10(8-12(11)14)4-2-3-7-13/h2,4-6,8H,3,7H2,1H3. The third kappa shape index (κ3) is 3.80. The summed E-state index contributed by atoms with van der Waals surface area (Å²) in [4.78, 5) is 11.1. The maximum atomic E-state index is 11.1. The van der Waals surface area contributed by atoms with Crippen LogP contribution in [0.3, 0.4) is 0 Å². The number of rotatable bonds is 4. The second kappa shape index (κ2) is 6.09. The normalized spacial score (nSPS) is 10.9. The molecule has 3 heteroatoms. The second-order valence-electron chi connectivity index (χ2n) is 3.18. The Balaban J connectivity index is 2.87. The smallest absolute Gasteiger partial charge is 0.161 e. The first kappa shape index (κ1) is 12.5. The Hall–Kier alpha value is -0.600. The minimum Gasteiger partial charge on any atom is -0.294 e. The molecule has 0 saturated carbocycles. The van der Waals surface area contributed by atoms with Crippen LogP contribution in [0.15, 0.2) is 24.3 Å². The lowest BCUT2D eigenvalue weighted by Gasteiger charge is -2.00. The zero-order valence-corrected chi connectivity index (χ0v) is 10.8. The summed E-state index contributed by atoms with van der Waals surface area (Å²) >= 11 is 9.32. The molecule has 0 aliphatic carbocycles. The van der Waals surface area contributed by atoms with Crippen molar-refractivity contribution in [3.63, 3.8) is 0 Å². The summed E-state index contributed by atoms with van der Waals surface area (Å²) in [7, 11) is 0. The van der Waals surface area contributed by atoms with Gasteiger partial charge in [0.2, 0.25) is 0 Å². The van der Waals surface area contributed by atoms with E-state index in [0.29, 0.717) is 10.6 Å². The molecule has 0 fully saturated rings. The highest BCUT2D eigenvalue weighted by Gasteiger charge is 2.04. The Morgan fingerprint density at radius 1 is 1.53 bits per heavy atom. The molecule has 0 unspecified atom stereocenters. The van der Waals surface area contributed by atoms with Gasteiger partial charge in [0.25, 0.3) is 0 Å². The number of carbonyl (C=O) groups is 1. The third-order valence-corrected chi connectivity index (χ3v) is 2.73. The van der Waals surface area contributed by atoms with Crippen molar-refractivity contribution in [2.24, 2.45) is 0 Å². The summed E-state index contributed by atoms with van der Waals surface area (Å²) in [5, 5.41) is 1.46. The van der Waals surface area contributed by atoms with Crippen LogP contribution in [0.25, 0.3) is 6.08 Å². The van der Waals surface area contributed by atoms with Crippen molar-refractivity contribution in [2.75, 3.05) is 5.33 Å². The highest BCUT2D eigenvalue weighted by molar-refractivity contribution is 9.09. The molecule has 15 heavy (non-hydrogen) atoms. The average molecular weight is 288 g/mol. The number of Topliss-reactive ketones (excluding diaryl/α,β-unsaturated/α-hetero) is 1. The molecule has 0 N–H and O–H groups in total. The van der Waals surface area contributed by atoms with Gasteiger partial charge >= 0.3 is 0 Å². The predicted octanol–water partition coefficient (Wildman–Crippen LogP) is 4.34. The first-order valence-corrected chi connectivity index (χ1v) is 6.18. The minimum absolute atomic E-state index is 0.00372. The zero-order valence-electron chi connectivity index (χ0n) is 8.47. The number of halogens is 2. The zero-order chi connectivity index (χ0) is 11.3. The molecule has 0 saturated heterocycles. The molecule has 0 bridgehead atoms. The van der Waals surface area contributed by atoms with Crippen LogP contribution in [0.5, 0.6) is 0 Å². The Morgan fingerprint density at radius 2 is 2.27 bits per heavy atom. The quantitative estimate of drug-likeness (QED) is 0.595. The van der Waals surface area contributed by atoms with Crippen LogP contribution in [0.4, 0.5) is 0 Å². The Morgan fingerprint density at radius 3 is 2.80 bits per heavy atom. The van der Waals surface area contributed by atoms with Crippen molar-refractivity contribution in [3.05, 3.63) is 40.4 Å². The number of benzene rings is 1. The molecule has 0 amide bonds. The fourth-order valence-corrected chi connectivity index (χ4v) is 1.79. The predicted molar refractivity (Wildman–Crippen MR) is 68.9 cm³/mol. The lowest BCUT2D eigenvalue weighted by atomic mass is 10.1. The number of alkyl halides is 1. The number of ketones is 1. The molecule has 0 aliphatic heterocycles. The van der Waals surface area contributed by atoms with Gasteiger partial charge in [0.15, 0.2) is 5.78 Å². The van der Waals surface area contributed by atoms with Crippen molar-refractivity contribution in [1.82, 2.24) is 0 Å². The van der Waals surface area contributed by atoms with E-state index in [1.54, 1.807) is 6.07 Å². The third-order valence-electron chi connectivity index (χ3n) is 1.96. The van der Waals surface area contributed by atoms with E-state index in [-0.39, 0.29) is 5.78 Å². The Kier molecular flexibility index (Phi) is 5.06. The van der Waals surface area contributed by atoms with Gasteiger partial charge < -0.3 is 0 Å². The van der Waals surface area contributed by atoms with Crippen molar-refractivity contribution < 1.29 is 4.79 Å². The van der Waals surface area contributed by atoms with Crippen molar-refractivity contribution >= 4 is 39.4 Å².